The van der Waals surface area contributed by atoms with E-state index in [1.54, 1.807) is 36.4 Å². The highest BCUT2D eigenvalue weighted by Gasteiger charge is 2.36. The van der Waals surface area contributed by atoms with Crippen molar-refractivity contribution >= 4 is 47.2 Å². The number of likely N-dealkylation sites (tertiary alicyclic amines) is 2. The number of nitrogens with zero attached hydrogens (tertiary/aromatic N) is 2. The van der Waals surface area contributed by atoms with Crippen molar-refractivity contribution in [3.63, 3.8) is 0 Å². The van der Waals surface area contributed by atoms with Crippen molar-refractivity contribution in [2.24, 2.45) is 0 Å². The van der Waals surface area contributed by atoms with Crippen LogP contribution in [0, 0.1) is 11.6 Å². The molecule has 2 N–H and O–H groups in total. The molecule has 4 aromatic rings. The fourth-order valence-electron chi connectivity index (χ4n) is 6.14. The lowest BCUT2D eigenvalue weighted by molar-refractivity contribution is -0.120. The molecule has 10 heteroatoms. The highest BCUT2D eigenvalue weighted by Crippen LogP contribution is 2.25. The van der Waals surface area contributed by atoms with Crippen LogP contribution in [0.1, 0.15) is 57.5 Å². The lowest BCUT2D eigenvalue weighted by Gasteiger charge is -2.24. The van der Waals surface area contributed by atoms with Gasteiger partial charge in [-0.25, -0.2) is 8.78 Å². The van der Waals surface area contributed by atoms with E-state index in [1.807, 2.05) is 36.4 Å². The molecule has 244 valence electrons. The third-order valence-corrected chi connectivity index (χ3v) is 8.67. The predicted molar refractivity (Wildman–Crippen MR) is 180 cm³/mol. The Labute approximate surface area is 277 Å². The van der Waals surface area contributed by atoms with Crippen molar-refractivity contribution in [1.82, 2.24) is 9.80 Å². The number of carbonyl (C=O) groups excluding carboxylic acids is 4. The molecule has 8 nitrogen and oxygen atoms in total. The summed E-state index contributed by atoms with van der Waals surface area (Å²) in [6, 6.07) is 24.7. The molecule has 0 aliphatic carbocycles. The van der Waals surface area contributed by atoms with Gasteiger partial charge < -0.3 is 20.4 Å². The van der Waals surface area contributed by atoms with E-state index in [0.717, 1.165) is 11.1 Å². The molecule has 2 fully saturated rings. The fourth-order valence-corrected chi connectivity index (χ4v) is 6.14. The molecular formula is C38H34F2N4O4. The van der Waals surface area contributed by atoms with Crippen LogP contribution in [-0.4, -0.2) is 58.6 Å². The maximum Gasteiger partial charge on any atom is 0.257 e. The Morgan fingerprint density at radius 3 is 1.31 bits per heavy atom. The van der Waals surface area contributed by atoms with E-state index in [4.69, 9.17) is 0 Å². The Morgan fingerprint density at radius 1 is 0.562 bits per heavy atom. The van der Waals surface area contributed by atoms with Gasteiger partial charge in [0.15, 0.2) is 0 Å². The van der Waals surface area contributed by atoms with Crippen LogP contribution >= 0.6 is 0 Å². The highest BCUT2D eigenvalue weighted by atomic mass is 19.1. The monoisotopic (exact) mass is 648 g/mol. The molecule has 2 aliphatic heterocycles. The predicted octanol–water partition coefficient (Wildman–Crippen LogP) is 6.62. The summed E-state index contributed by atoms with van der Waals surface area (Å²) in [5.74, 6) is -2.83. The van der Waals surface area contributed by atoms with Crippen LogP contribution in [0.25, 0.3) is 12.2 Å². The highest BCUT2D eigenvalue weighted by molar-refractivity contribution is 6.02. The van der Waals surface area contributed by atoms with Crippen LogP contribution in [-0.2, 0) is 9.59 Å². The van der Waals surface area contributed by atoms with Gasteiger partial charge in [-0.3, -0.25) is 19.2 Å². The summed E-state index contributed by atoms with van der Waals surface area (Å²) in [6.07, 6.45) is 6.15. The zero-order valence-electron chi connectivity index (χ0n) is 26.1. The Kier molecular flexibility index (Phi) is 9.70. The lowest BCUT2D eigenvalue weighted by atomic mass is 10.1. The second-order valence-electron chi connectivity index (χ2n) is 11.8. The molecule has 2 atom stereocenters. The van der Waals surface area contributed by atoms with Gasteiger partial charge in [0.1, 0.15) is 23.7 Å². The first kappa shape index (κ1) is 32.3. The average molecular weight is 649 g/mol. The zero-order chi connectivity index (χ0) is 33.6. The molecule has 48 heavy (non-hydrogen) atoms. The third kappa shape index (κ3) is 7.17. The van der Waals surface area contributed by atoms with Gasteiger partial charge in [0.05, 0.1) is 11.1 Å². The van der Waals surface area contributed by atoms with E-state index in [2.05, 4.69) is 10.6 Å². The number of nitrogens with one attached hydrogen (secondary N) is 2. The number of hydrogen-bond acceptors (Lipinski definition) is 4. The Balaban J connectivity index is 1.02. The largest absolute Gasteiger partial charge is 0.327 e. The summed E-state index contributed by atoms with van der Waals surface area (Å²) in [6.45, 7) is 0.777. The maximum absolute atomic E-state index is 14.2. The Bertz CT molecular complexity index is 1720. The van der Waals surface area contributed by atoms with Crippen LogP contribution < -0.4 is 10.6 Å². The summed E-state index contributed by atoms with van der Waals surface area (Å²) in [4.78, 5) is 54.8. The van der Waals surface area contributed by atoms with Crippen molar-refractivity contribution in [2.75, 3.05) is 23.7 Å². The molecule has 0 unspecified atom stereocenters. The summed E-state index contributed by atoms with van der Waals surface area (Å²) in [5.41, 5.74) is 2.86. The Hall–Kier alpha value is -5.64. The minimum atomic E-state index is -0.678. The van der Waals surface area contributed by atoms with Gasteiger partial charge in [-0.05, 0) is 85.3 Å². The summed E-state index contributed by atoms with van der Waals surface area (Å²) in [7, 11) is 0. The first-order valence-electron chi connectivity index (χ1n) is 15.9. The minimum absolute atomic E-state index is 0.0424. The van der Waals surface area contributed by atoms with Crippen LogP contribution in [0.5, 0.6) is 0 Å². The molecule has 2 saturated heterocycles. The average Bonchev–Trinajstić information content (AvgIpc) is 3.80. The number of rotatable bonds is 8. The molecule has 0 bridgehead atoms. The number of benzene rings is 4. The van der Waals surface area contributed by atoms with Gasteiger partial charge in [-0.2, -0.15) is 0 Å². The normalized spacial score (nSPS) is 17.5. The molecule has 2 heterocycles. The fraction of sp³-hybridized carbons (Fsp3) is 0.211. The van der Waals surface area contributed by atoms with Gasteiger partial charge in [0, 0.05) is 24.5 Å². The van der Waals surface area contributed by atoms with Gasteiger partial charge in [0.25, 0.3) is 11.8 Å². The van der Waals surface area contributed by atoms with Crippen molar-refractivity contribution in [3.05, 3.63) is 131 Å². The topological polar surface area (TPSA) is 98.8 Å². The smallest absolute Gasteiger partial charge is 0.257 e. The van der Waals surface area contributed by atoms with Crippen molar-refractivity contribution in [1.29, 1.82) is 0 Å². The van der Waals surface area contributed by atoms with E-state index in [9.17, 15) is 28.0 Å². The molecular weight excluding hydrogens is 614 g/mol. The van der Waals surface area contributed by atoms with Crippen molar-refractivity contribution in [2.45, 2.75) is 37.8 Å². The van der Waals surface area contributed by atoms with Crippen molar-refractivity contribution < 1.29 is 28.0 Å². The van der Waals surface area contributed by atoms with Crippen LogP contribution in [0.15, 0.2) is 97.1 Å². The second kappa shape index (κ2) is 14.4. The number of halogens is 2. The zero-order valence-corrected chi connectivity index (χ0v) is 26.1. The first-order valence-corrected chi connectivity index (χ1v) is 15.9. The third-order valence-electron chi connectivity index (χ3n) is 8.67. The Morgan fingerprint density at radius 2 is 0.938 bits per heavy atom. The summed E-state index contributed by atoms with van der Waals surface area (Å²) >= 11 is 0. The molecule has 0 spiro atoms. The van der Waals surface area contributed by atoms with Gasteiger partial charge in [-0.15, -0.1) is 0 Å². The molecule has 2 aliphatic rings. The van der Waals surface area contributed by atoms with E-state index >= 15 is 0 Å². The minimum Gasteiger partial charge on any atom is -0.327 e. The molecule has 4 amide bonds. The van der Waals surface area contributed by atoms with E-state index in [1.165, 1.54) is 46.2 Å². The second-order valence-corrected chi connectivity index (χ2v) is 11.8. The molecule has 0 radical (unpaired) electrons. The molecule has 0 saturated carbocycles. The van der Waals surface area contributed by atoms with Gasteiger partial charge in [0.2, 0.25) is 11.8 Å². The molecule has 0 aromatic heterocycles. The summed E-state index contributed by atoms with van der Waals surface area (Å²) < 4.78 is 28.4. The number of carbonyl (C=O) groups is 4. The lowest BCUT2D eigenvalue weighted by Crippen LogP contribution is -2.43. The number of anilines is 2. The van der Waals surface area contributed by atoms with Crippen molar-refractivity contribution in [3.8, 4) is 0 Å². The van der Waals surface area contributed by atoms with Gasteiger partial charge in [-0.1, -0.05) is 60.7 Å². The first-order chi connectivity index (χ1) is 23.3. The SMILES string of the molecule is O=C(Nc1ccc(/C=C/c2ccc(NC(=O)[C@@H]3CCCN3C(=O)c3ccccc3F)cc2)cc1)[C@@H]1CCCN1C(=O)c1ccccc1F. The van der Waals surface area contributed by atoms with E-state index in [-0.39, 0.29) is 22.9 Å². The maximum atomic E-state index is 14.2. The van der Waals surface area contributed by atoms with E-state index in [0.29, 0.717) is 50.1 Å². The van der Waals surface area contributed by atoms with Crippen LogP contribution in [0.3, 0.4) is 0 Å². The summed E-state index contributed by atoms with van der Waals surface area (Å²) in [5, 5.41) is 5.75. The quantitative estimate of drug-likeness (QED) is 0.210. The van der Waals surface area contributed by atoms with E-state index < -0.39 is 35.5 Å². The standard InChI is InChI=1S/C38H34F2N4O4/c39-31-9-3-1-7-29(31)37(47)43-23-5-11-33(43)35(45)41-27-19-15-25(16-20-27)13-14-26-17-21-28(22-18-26)42-36(46)34-12-6-24-44(34)38(48)30-8-2-4-10-32(30)40/h1-4,7-10,13-22,33-34H,5-6,11-12,23-24H2,(H,41,45)(H,42,46)/b14-13+/t33-,34-/m0/s1. The number of hydrogen-bond donors (Lipinski definition) is 2. The van der Waals surface area contributed by atoms with Crippen LogP contribution in [0.2, 0.25) is 0 Å². The van der Waals surface area contributed by atoms with Gasteiger partial charge >= 0.3 is 0 Å². The number of amides is 4. The molecule has 4 aromatic carbocycles. The molecule has 6 rings (SSSR count). The van der Waals surface area contributed by atoms with Crippen LogP contribution in [0.4, 0.5) is 20.2 Å².